The van der Waals surface area contributed by atoms with Crippen molar-refractivity contribution in [2.24, 2.45) is 0 Å². The average molecular weight is 486 g/mol. The van der Waals surface area contributed by atoms with Gasteiger partial charge in [0.25, 0.3) is 5.91 Å². The van der Waals surface area contributed by atoms with E-state index >= 15 is 0 Å². The van der Waals surface area contributed by atoms with Gasteiger partial charge in [0.2, 0.25) is 5.91 Å². The number of thiocarbonyl (C=S) groups is 1. The van der Waals surface area contributed by atoms with Gasteiger partial charge in [-0.2, -0.15) is 0 Å². The third-order valence-corrected chi connectivity index (χ3v) is 7.91. The summed E-state index contributed by atoms with van der Waals surface area (Å²) in [4.78, 5) is 33.0. The van der Waals surface area contributed by atoms with Gasteiger partial charge in [0.05, 0.1) is 4.91 Å². The predicted octanol–water partition coefficient (Wildman–Crippen LogP) is 4.86. The molecule has 168 valence electrons. The number of hydrogen-bond acceptors (Lipinski definition) is 6. The standard InChI is InChI=1S/C24H27N3O2S3/c28-22(26-15-13-25(14-16-26)19-8-3-1-4-9-19)11-5-2-6-12-27-23(29)21(32-24(27)30)18-20-10-7-17-31-20/h1,3-4,7-10,17-18H,2,5-6,11-16H2. The Morgan fingerprint density at radius 3 is 2.50 bits per heavy atom. The molecule has 0 spiro atoms. The van der Waals surface area contributed by atoms with Crippen LogP contribution < -0.4 is 4.90 Å². The fourth-order valence-corrected chi connectivity index (χ4v) is 5.96. The Morgan fingerprint density at radius 1 is 1.00 bits per heavy atom. The molecule has 2 amide bonds. The number of thiophene rings is 1. The molecule has 1 aromatic carbocycles. The molecule has 2 aliphatic heterocycles. The number of carbonyl (C=O) groups is 2. The van der Waals surface area contributed by atoms with E-state index in [-0.39, 0.29) is 11.8 Å². The number of anilines is 1. The molecule has 0 unspecified atom stereocenters. The van der Waals surface area contributed by atoms with Crippen LogP contribution in [0.15, 0.2) is 52.7 Å². The molecule has 32 heavy (non-hydrogen) atoms. The van der Waals surface area contributed by atoms with Crippen molar-refractivity contribution in [1.29, 1.82) is 0 Å². The van der Waals surface area contributed by atoms with Crippen LogP contribution in [0.3, 0.4) is 0 Å². The second-order valence-electron chi connectivity index (χ2n) is 7.86. The fraction of sp³-hybridized carbons (Fsp3) is 0.375. The summed E-state index contributed by atoms with van der Waals surface area (Å²) in [6, 6.07) is 14.3. The summed E-state index contributed by atoms with van der Waals surface area (Å²) in [6.45, 7) is 3.94. The van der Waals surface area contributed by atoms with Crippen LogP contribution in [0.5, 0.6) is 0 Å². The molecule has 0 radical (unpaired) electrons. The number of hydrogen-bond donors (Lipinski definition) is 0. The highest BCUT2D eigenvalue weighted by Crippen LogP contribution is 2.33. The Morgan fingerprint density at radius 2 is 1.78 bits per heavy atom. The minimum atomic E-state index is 0.000707. The smallest absolute Gasteiger partial charge is 0.266 e. The number of thioether (sulfide) groups is 1. The number of nitrogens with zero attached hydrogens (tertiary/aromatic N) is 3. The van der Waals surface area contributed by atoms with Gasteiger partial charge in [-0.25, -0.2) is 0 Å². The maximum atomic E-state index is 12.6. The van der Waals surface area contributed by atoms with Gasteiger partial charge in [0.1, 0.15) is 4.32 Å². The Kier molecular flexibility index (Phi) is 8.00. The van der Waals surface area contributed by atoms with Gasteiger partial charge in [0, 0.05) is 49.7 Å². The molecule has 1 aromatic heterocycles. The van der Waals surface area contributed by atoms with Gasteiger partial charge in [-0.05, 0) is 42.5 Å². The first-order valence-electron chi connectivity index (χ1n) is 11.0. The molecular weight excluding hydrogens is 458 g/mol. The topological polar surface area (TPSA) is 43.9 Å². The maximum Gasteiger partial charge on any atom is 0.266 e. The molecule has 4 rings (SSSR count). The highest BCUT2D eigenvalue weighted by Gasteiger charge is 2.31. The molecule has 2 fully saturated rings. The van der Waals surface area contributed by atoms with E-state index in [1.165, 1.54) is 17.4 Å². The molecule has 2 aromatic rings. The molecule has 2 aliphatic rings. The summed E-state index contributed by atoms with van der Waals surface area (Å²) in [5, 5.41) is 2.00. The zero-order valence-electron chi connectivity index (χ0n) is 17.9. The lowest BCUT2D eigenvalue weighted by Crippen LogP contribution is -2.48. The number of piperazine rings is 1. The summed E-state index contributed by atoms with van der Waals surface area (Å²) in [7, 11) is 0. The number of rotatable bonds is 8. The van der Waals surface area contributed by atoms with Gasteiger partial charge in [-0.3, -0.25) is 14.5 Å². The van der Waals surface area contributed by atoms with Crippen LogP contribution in [0.1, 0.15) is 30.6 Å². The van der Waals surface area contributed by atoms with Crippen LogP contribution in [-0.4, -0.2) is 58.7 Å². The number of unbranched alkanes of at least 4 members (excludes halogenated alkanes) is 2. The number of amides is 2. The van der Waals surface area contributed by atoms with Crippen LogP contribution in [0, 0.1) is 0 Å². The van der Waals surface area contributed by atoms with Crippen LogP contribution in [0.4, 0.5) is 5.69 Å². The number of benzene rings is 1. The lowest BCUT2D eigenvalue weighted by molar-refractivity contribution is -0.131. The molecule has 0 aliphatic carbocycles. The minimum Gasteiger partial charge on any atom is -0.368 e. The van der Waals surface area contributed by atoms with Crippen LogP contribution in [-0.2, 0) is 9.59 Å². The molecule has 0 N–H and O–H groups in total. The number of carbonyl (C=O) groups excluding carboxylic acids is 2. The van der Waals surface area contributed by atoms with E-state index in [1.54, 1.807) is 16.2 Å². The van der Waals surface area contributed by atoms with Crippen LogP contribution >= 0.6 is 35.3 Å². The largest absolute Gasteiger partial charge is 0.368 e. The molecule has 0 saturated carbocycles. The van der Waals surface area contributed by atoms with Crippen LogP contribution in [0.2, 0.25) is 0 Å². The third kappa shape index (κ3) is 5.79. The molecule has 0 bridgehead atoms. The van der Waals surface area contributed by atoms with E-state index in [1.807, 2.05) is 34.6 Å². The molecule has 8 heteroatoms. The van der Waals surface area contributed by atoms with Gasteiger partial charge < -0.3 is 9.80 Å². The summed E-state index contributed by atoms with van der Waals surface area (Å²) in [5.74, 6) is 0.239. The van der Waals surface area contributed by atoms with E-state index in [9.17, 15) is 9.59 Å². The summed E-state index contributed by atoms with van der Waals surface area (Å²) >= 11 is 8.39. The lowest BCUT2D eigenvalue weighted by atomic mass is 10.1. The summed E-state index contributed by atoms with van der Waals surface area (Å²) in [6.07, 6.45) is 5.10. The van der Waals surface area contributed by atoms with Crippen molar-refractivity contribution in [3.05, 3.63) is 57.6 Å². The van der Waals surface area contributed by atoms with Gasteiger partial charge in [-0.15, -0.1) is 11.3 Å². The zero-order chi connectivity index (χ0) is 22.3. The van der Waals surface area contributed by atoms with Crippen molar-refractivity contribution < 1.29 is 9.59 Å². The highest BCUT2D eigenvalue weighted by molar-refractivity contribution is 8.26. The normalized spacial score (nSPS) is 18.1. The quantitative estimate of drug-likeness (QED) is 0.304. The SMILES string of the molecule is O=C(CCCCCN1C(=O)C(=Cc2cccs2)SC1=S)N1CCN(c2ccccc2)CC1. The van der Waals surface area contributed by atoms with Gasteiger partial charge in [-0.1, -0.05) is 54.7 Å². The summed E-state index contributed by atoms with van der Waals surface area (Å²) < 4.78 is 0.630. The summed E-state index contributed by atoms with van der Waals surface area (Å²) in [5.41, 5.74) is 1.22. The second-order valence-corrected chi connectivity index (χ2v) is 10.5. The van der Waals surface area contributed by atoms with Crippen molar-refractivity contribution >= 4 is 63.2 Å². The number of para-hydroxylation sites is 1. The highest BCUT2D eigenvalue weighted by atomic mass is 32.2. The molecular formula is C24H27N3O2S3. The zero-order valence-corrected chi connectivity index (χ0v) is 20.4. The van der Waals surface area contributed by atoms with Gasteiger partial charge >= 0.3 is 0 Å². The van der Waals surface area contributed by atoms with E-state index in [4.69, 9.17) is 12.2 Å². The Hall–Kier alpha value is -2.16. The van der Waals surface area contributed by atoms with Crippen molar-refractivity contribution in [3.8, 4) is 0 Å². The van der Waals surface area contributed by atoms with Crippen molar-refractivity contribution in [2.75, 3.05) is 37.6 Å². The van der Waals surface area contributed by atoms with E-state index in [2.05, 4.69) is 29.2 Å². The van der Waals surface area contributed by atoms with Crippen molar-refractivity contribution in [1.82, 2.24) is 9.80 Å². The Labute approximate surface area is 203 Å². The van der Waals surface area contributed by atoms with E-state index in [0.717, 1.165) is 50.3 Å². The monoisotopic (exact) mass is 485 g/mol. The Balaban J connectivity index is 1.14. The average Bonchev–Trinajstić information content (AvgIpc) is 3.43. The fourth-order valence-electron chi connectivity index (χ4n) is 3.93. The predicted molar refractivity (Wildman–Crippen MR) is 138 cm³/mol. The van der Waals surface area contributed by atoms with E-state index in [0.29, 0.717) is 22.2 Å². The van der Waals surface area contributed by atoms with Gasteiger partial charge in [0.15, 0.2) is 0 Å². The molecule has 3 heterocycles. The Bertz CT molecular complexity index is 968. The first kappa shape index (κ1) is 23.0. The van der Waals surface area contributed by atoms with Crippen molar-refractivity contribution in [3.63, 3.8) is 0 Å². The first-order chi connectivity index (χ1) is 15.6. The first-order valence-corrected chi connectivity index (χ1v) is 13.1. The molecule has 0 atom stereocenters. The van der Waals surface area contributed by atoms with Crippen LogP contribution in [0.25, 0.3) is 6.08 Å². The minimum absolute atomic E-state index is 0.000707. The third-order valence-electron chi connectivity index (χ3n) is 5.72. The lowest BCUT2D eigenvalue weighted by Gasteiger charge is -2.36. The van der Waals surface area contributed by atoms with Crippen molar-refractivity contribution in [2.45, 2.75) is 25.7 Å². The molecule has 5 nitrogen and oxygen atoms in total. The molecule has 2 saturated heterocycles. The maximum absolute atomic E-state index is 12.6. The van der Waals surface area contributed by atoms with E-state index < -0.39 is 0 Å². The second kappa shape index (κ2) is 11.1.